The lowest BCUT2D eigenvalue weighted by atomic mass is 9.97. The molecule has 2 aliphatic heterocycles. The number of hydrogen-bond acceptors (Lipinski definition) is 3. The summed E-state index contributed by atoms with van der Waals surface area (Å²) in [5.41, 5.74) is 4.38. The number of fused-ring (bicyclic) bond motifs is 1. The van der Waals surface area contributed by atoms with Gasteiger partial charge in [0.05, 0.1) is 6.61 Å². The van der Waals surface area contributed by atoms with Gasteiger partial charge in [-0.25, -0.2) is 9.59 Å². The summed E-state index contributed by atoms with van der Waals surface area (Å²) in [6, 6.07) is 15.7. The van der Waals surface area contributed by atoms with E-state index in [-0.39, 0.29) is 24.1 Å². The summed E-state index contributed by atoms with van der Waals surface area (Å²) in [4.78, 5) is 26.8. The first-order valence-corrected chi connectivity index (χ1v) is 11.4. The molecule has 2 heterocycles. The lowest BCUT2D eigenvalue weighted by molar-refractivity contribution is 0.0427. The Morgan fingerprint density at radius 1 is 1.06 bits per heavy atom. The van der Waals surface area contributed by atoms with Crippen molar-refractivity contribution in [3.05, 3.63) is 65.2 Å². The maximum Gasteiger partial charge on any atom is 0.319 e. The van der Waals surface area contributed by atoms with Crippen molar-refractivity contribution in [1.82, 2.24) is 15.5 Å². The molecule has 32 heavy (non-hydrogen) atoms. The molecule has 7 heteroatoms. The molecule has 0 radical (unpaired) electrons. The fraction of sp³-hybridized carbons (Fsp3) is 0.440. The third kappa shape index (κ3) is 5.79. The first kappa shape index (κ1) is 22.1. The van der Waals surface area contributed by atoms with Crippen LogP contribution in [0.3, 0.4) is 0 Å². The van der Waals surface area contributed by atoms with Crippen molar-refractivity contribution in [2.24, 2.45) is 5.92 Å². The smallest absolute Gasteiger partial charge is 0.319 e. The number of rotatable bonds is 5. The van der Waals surface area contributed by atoms with Gasteiger partial charge in [0.2, 0.25) is 0 Å². The predicted molar refractivity (Wildman–Crippen MR) is 125 cm³/mol. The summed E-state index contributed by atoms with van der Waals surface area (Å²) in [6.45, 7) is 5.07. The van der Waals surface area contributed by atoms with Gasteiger partial charge < -0.3 is 25.6 Å². The first-order valence-electron chi connectivity index (χ1n) is 11.4. The summed E-state index contributed by atoms with van der Waals surface area (Å²) in [7, 11) is 0. The van der Waals surface area contributed by atoms with Gasteiger partial charge in [0.25, 0.3) is 0 Å². The van der Waals surface area contributed by atoms with E-state index in [4.69, 9.17) is 4.74 Å². The second-order valence-electron chi connectivity index (χ2n) is 8.65. The number of benzene rings is 2. The van der Waals surface area contributed by atoms with Crippen molar-refractivity contribution in [3.63, 3.8) is 0 Å². The highest BCUT2D eigenvalue weighted by Crippen LogP contribution is 2.26. The normalized spacial score (nSPS) is 20.2. The number of nitrogens with one attached hydrogen (secondary N) is 3. The van der Waals surface area contributed by atoms with Crippen LogP contribution < -0.4 is 16.0 Å². The zero-order valence-electron chi connectivity index (χ0n) is 18.6. The summed E-state index contributed by atoms with van der Waals surface area (Å²) in [5.74, 6) is 0.241. The second-order valence-corrected chi connectivity index (χ2v) is 8.65. The second kappa shape index (κ2) is 10.5. The number of nitrogens with zero attached hydrogens (tertiary/aromatic N) is 1. The summed E-state index contributed by atoms with van der Waals surface area (Å²) >= 11 is 0. The molecule has 0 aromatic heterocycles. The van der Waals surface area contributed by atoms with Crippen molar-refractivity contribution in [3.8, 4) is 0 Å². The van der Waals surface area contributed by atoms with Crippen LogP contribution >= 0.6 is 0 Å². The van der Waals surface area contributed by atoms with Gasteiger partial charge in [0.1, 0.15) is 6.10 Å². The Kier molecular flexibility index (Phi) is 7.27. The molecule has 3 N–H and O–H groups in total. The molecule has 4 rings (SSSR count). The number of piperidine rings is 1. The monoisotopic (exact) mass is 436 g/mol. The van der Waals surface area contributed by atoms with Crippen LogP contribution in [0.15, 0.2) is 48.5 Å². The van der Waals surface area contributed by atoms with Crippen LogP contribution in [0.5, 0.6) is 0 Å². The maximum absolute atomic E-state index is 12.8. The van der Waals surface area contributed by atoms with Crippen molar-refractivity contribution < 1.29 is 14.3 Å². The van der Waals surface area contributed by atoms with Gasteiger partial charge in [0, 0.05) is 31.9 Å². The minimum absolute atomic E-state index is 0.0644. The van der Waals surface area contributed by atoms with E-state index >= 15 is 0 Å². The van der Waals surface area contributed by atoms with Crippen LogP contribution in [-0.2, 0) is 11.2 Å². The van der Waals surface area contributed by atoms with E-state index in [9.17, 15) is 9.59 Å². The standard InChI is InChI=1S/C25H32N4O3/c1-18-8-10-21(11-9-18)28-24(30)26-15-19-5-4-13-29(17-19)25(31)27-16-23-22-7-3-2-6-20(22)12-14-32-23/h2-3,6-11,19,23H,4-5,12-17H2,1H3,(H,27,31)(H2,26,28,30). The zero-order chi connectivity index (χ0) is 22.3. The van der Waals surface area contributed by atoms with Crippen LogP contribution in [0.1, 0.15) is 35.6 Å². The fourth-order valence-corrected chi connectivity index (χ4v) is 4.40. The lowest BCUT2D eigenvalue weighted by Gasteiger charge is -2.33. The van der Waals surface area contributed by atoms with Crippen molar-refractivity contribution in [1.29, 1.82) is 0 Å². The highest BCUT2D eigenvalue weighted by molar-refractivity contribution is 5.89. The number of anilines is 1. The molecule has 0 saturated carbocycles. The maximum atomic E-state index is 12.8. The Bertz CT molecular complexity index is 931. The summed E-state index contributed by atoms with van der Waals surface area (Å²) in [5, 5.41) is 8.84. The number of urea groups is 2. The van der Waals surface area contributed by atoms with Gasteiger partial charge in [-0.1, -0.05) is 42.0 Å². The Labute approximate surface area is 189 Å². The van der Waals surface area contributed by atoms with Crippen LogP contribution in [0.4, 0.5) is 15.3 Å². The van der Waals surface area contributed by atoms with Crippen LogP contribution in [-0.4, -0.2) is 49.7 Å². The molecule has 1 saturated heterocycles. The molecule has 1 fully saturated rings. The molecule has 4 amide bonds. The lowest BCUT2D eigenvalue weighted by Crippen LogP contribution is -2.48. The Hall–Kier alpha value is -3.06. The van der Waals surface area contributed by atoms with Gasteiger partial charge in [-0.3, -0.25) is 0 Å². The third-order valence-electron chi connectivity index (χ3n) is 6.20. The number of carbonyl (C=O) groups excluding carboxylic acids is 2. The molecule has 2 aromatic carbocycles. The molecule has 0 spiro atoms. The molecule has 2 aliphatic rings. The van der Waals surface area contributed by atoms with E-state index in [1.165, 1.54) is 11.1 Å². The number of likely N-dealkylation sites (tertiary alicyclic amines) is 1. The highest BCUT2D eigenvalue weighted by atomic mass is 16.5. The predicted octanol–water partition coefficient (Wildman–Crippen LogP) is 3.85. The largest absolute Gasteiger partial charge is 0.371 e. The van der Waals surface area contributed by atoms with Crippen molar-refractivity contribution in [2.45, 2.75) is 32.3 Å². The number of aryl methyl sites for hydroxylation is 1. The van der Waals surface area contributed by atoms with E-state index in [1.807, 2.05) is 48.2 Å². The van der Waals surface area contributed by atoms with Crippen LogP contribution in [0.25, 0.3) is 0 Å². The third-order valence-corrected chi connectivity index (χ3v) is 6.20. The molecule has 170 valence electrons. The Balaban J connectivity index is 1.22. The zero-order valence-corrected chi connectivity index (χ0v) is 18.6. The fourth-order valence-electron chi connectivity index (χ4n) is 4.40. The van der Waals surface area contributed by atoms with E-state index in [2.05, 4.69) is 28.1 Å². The molecular formula is C25H32N4O3. The van der Waals surface area contributed by atoms with Gasteiger partial charge in [-0.2, -0.15) is 0 Å². The molecular weight excluding hydrogens is 404 g/mol. The highest BCUT2D eigenvalue weighted by Gasteiger charge is 2.26. The average Bonchev–Trinajstić information content (AvgIpc) is 2.83. The topological polar surface area (TPSA) is 82.7 Å². The minimum Gasteiger partial charge on any atom is -0.371 e. The summed E-state index contributed by atoms with van der Waals surface area (Å²) < 4.78 is 5.90. The van der Waals surface area contributed by atoms with Gasteiger partial charge in [-0.15, -0.1) is 0 Å². The van der Waals surface area contributed by atoms with E-state index in [0.717, 1.165) is 37.1 Å². The molecule has 2 unspecified atom stereocenters. The average molecular weight is 437 g/mol. The molecule has 7 nitrogen and oxygen atoms in total. The minimum atomic E-state index is -0.219. The number of amides is 4. The van der Waals surface area contributed by atoms with E-state index < -0.39 is 0 Å². The quantitative estimate of drug-likeness (QED) is 0.666. The van der Waals surface area contributed by atoms with E-state index in [1.54, 1.807) is 0 Å². The Morgan fingerprint density at radius 3 is 2.72 bits per heavy atom. The number of hydrogen-bond donors (Lipinski definition) is 3. The molecule has 0 aliphatic carbocycles. The molecule has 2 aromatic rings. The Morgan fingerprint density at radius 2 is 1.88 bits per heavy atom. The SMILES string of the molecule is Cc1ccc(NC(=O)NCC2CCCN(C(=O)NCC3OCCc4ccccc43)C2)cc1. The van der Waals surface area contributed by atoms with Gasteiger partial charge in [-0.05, 0) is 55.4 Å². The van der Waals surface area contributed by atoms with Crippen LogP contribution in [0.2, 0.25) is 0 Å². The van der Waals surface area contributed by atoms with Gasteiger partial charge >= 0.3 is 12.1 Å². The van der Waals surface area contributed by atoms with E-state index in [0.29, 0.717) is 26.2 Å². The number of ether oxygens (including phenoxy) is 1. The summed E-state index contributed by atoms with van der Waals surface area (Å²) in [6.07, 6.45) is 2.74. The molecule has 2 atom stereocenters. The molecule has 0 bridgehead atoms. The van der Waals surface area contributed by atoms with Crippen molar-refractivity contribution >= 4 is 17.7 Å². The first-order chi connectivity index (χ1) is 15.6. The van der Waals surface area contributed by atoms with Gasteiger partial charge in [0.15, 0.2) is 0 Å². The number of carbonyl (C=O) groups is 2. The van der Waals surface area contributed by atoms with Crippen molar-refractivity contribution in [2.75, 3.05) is 38.1 Å². The van der Waals surface area contributed by atoms with Crippen LogP contribution in [0, 0.1) is 12.8 Å².